The molecule has 0 aromatic heterocycles. The van der Waals surface area contributed by atoms with Crippen LogP contribution < -0.4 is 15.2 Å². The van der Waals surface area contributed by atoms with Crippen molar-refractivity contribution in [3.63, 3.8) is 0 Å². The maximum absolute atomic E-state index is 11.6. The van der Waals surface area contributed by atoms with Gasteiger partial charge in [0.15, 0.2) is 9.84 Å². The first-order valence-electron chi connectivity index (χ1n) is 5.64. The Bertz CT molecular complexity index is 497. The molecule has 18 heavy (non-hydrogen) atoms. The highest BCUT2D eigenvalue weighted by Gasteiger charge is 2.15. The van der Waals surface area contributed by atoms with Crippen molar-refractivity contribution < 1.29 is 17.9 Å². The minimum atomic E-state index is -3.07. The van der Waals surface area contributed by atoms with E-state index in [2.05, 4.69) is 0 Å². The smallest absolute Gasteiger partial charge is 0.155 e. The molecular formula is C12H19NO4S. The lowest BCUT2D eigenvalue weighted by atomic mass is 10.3. The van der Waals surface area contributed by atoms with Gasteiger partial charge in [-0.05, 0) is 26.0 Å². The summed E-state index contributed by atoms with van der Waals surface area (Å²) in [6, 6.07) is 4.99. The van der Waals surface area contributed by atoms with Crippen LogP contribution in [0.3, 0.4) is 0 Å². The SMILES string of the molecule is COc1ccc(OCCS(=O)(=O)C(C)C)cc1N. The van der Waals surface area contributed by atoms with Gasteiger partial charge in [0.25, 0.3) is 0 Å². The van der Waals surface area contributed by atoms with E-state index in [1.807, 2.05) is 0 Å². The number of methoxy groups -OCH3 is 1. The molecule has 1 aromatic rings. The predicted octanol–water partition coefficient (Wildman–Crippen LogP) is 1.48. The first-order valence-corrected chi connectivity index (χ1v) is 7.36. The molecule has 5 nitrogen and oxygen atoms in total. The van der Waals surface area contributed by atoms with Crippen molar-refractivity contribution in [3.05, 3.63) is 18.2 Å². The molecule has 0 unspecified atom stereocenters. The Morgan fingerprint density at radius 2 is 2.00 bits per heavy atom. The average molecular weight is 273 g/mol. The molecule has 0 fully saturated rings. The lowest BCUT2D eigenvalue weighted by Gasteiger charge is -2.11. The van der Waals surface area contributed by atoms with Gasteiger partial charge in [0.1, 0.15) is 18.1 Å². The summed E-state index contributed by atoms with van der Waals surface area (Å²) < 4.78 is 33.5. The summed E-state index contributed by atoms with van der Waals surface area (Å²) in [7, 11) is -1.54. The quantitative estimate of drug-likeness (QED) is 0.794. The molecule has 0 aliphatic carbocycles. The standard InChI is InChI=1S/C12H19NO4S/c1-9(2)18(14,15)7-6-17-10-4-5-12(16-3)11(13)8-10/h4-5,8-9H,6-7,13H2,1-3H3. The highest BCUT2D eigenvalue weighted by Crippen LogP contribution is 2.25. The van der Waals surface area contributed by atoms with Crippen LogP contribution in [0.25, 0.3) is 0 Å². The van der Waals surface area contributed by atoms with E-state index in [-0.39, 0.29) is 17.6 Å². The number of nitrogens with two attached hydrogens (primary N) is 1. The minimum Gasteiger partial charge on any atom is -0.495 e. The van der Waals surface area contributed by atoms with Crippen LogP contribution >= 0.6 is 0 Å². The average Bonchev–Trinajstić information content (AvgIpc) is 2.29. The third-order valence-corrected chi connectivity index (χ3v) is 4.73. The third-order valence-electron chi connectivity index (χ3n) is 2.56. The van der Waals surface area contributed by atoms with Crippen LogP contribution in [0.2, 0.25) is 0 Å². The Morgan fingerprint density at radius 1 is 1.33 bits per heavy atom. The lowest BCUT2D eigenvalue weighted by Crippen LogP contribution is -2.22. The molecule has 0 bridgehead atoms. The topological polar surface area (TPSA) is 78.6 Å². The molecule has 0 spiro atoms. The molecule has 0 saturated carbocycles. The Kier molecular flexibility index (Phi) is 4.84. The molecule has 0 saturated heterocycles. The zero-order valence-corrected chi connectivity index (χ0v) is 11.7. The molecule has 2 N–H and O–H groups in total. The molecule has 1 aromatic carbocycles. The van der Waals surface area contributed by atoms with Crippen molar-refractivity contribution in [2.45, 2.75) is 19.1 Å². The number of benzene rings is 1. The van der Waals surface area contributed by atoms with Crippen LogP contribution in [0.4, 0.5) is 5.69 Å². The van der Waals surface area contributed by atoms with Gasteiger partial charge < -0.3 is 15.2 Å². The summed E-state index contributed by atoms with van der Waals surface area (Å²) in [5.74, 6) is 1.10. The highest BCUT2D eigenvalue weighted by atomic mass is 32.2. The molecule has 0 aliphatic heterocycles. The Morgan fingerprint density at radius 3 is 2.50 bits per heavy atom. The van der Waals surface area contributed by atoms with Crippen molar-refractivity contribution in [3.8, 4) is 11.5 Å². The fraction of sp³-hybridized carbons (Fsp3) is 0.500. The van der Waals surface area contributed by atoms with Gasteiger partial charge in [-0.25, -0.2) is 8.42 Å². The molecule has 0 amide bonds. The van der Waals surface area contributed by atoms with E-state index in [1.54, 1.807) is 32.0 Å². The second kappa shape index (κ2) is 5.95. The number of sulfone groups is 1. The molecule has 6 heteroatoms. The van der Waals surface area contributed by atoms with Crippen molar-refractivity contribution in [1.82, 2.24) is 0 Å². The van der Waals surface area contributed by atoms with Crippen LogP contribution in [0.15, 0.2) is 18.2 Å². The van der Waals surface area contributed by atoms with E-state index < -0.39 is 9.84 Å². The molecule has 0 heterocycles. The van der Waals surface area contributed by atoms with Crippen molar-refractivity contribution in [1.29, 1.82) is 0 Å². The van der Waals surface area contributed by atoms with Crippen molar-refractivity contribution in [2.24, 2.45) is 0 Å². The van der Waals surface area contributed by atoms with E-state index in [4.69, 9.17) is 15.2 Å². The lowest BCUT2D eigenvalue weighted by molar-refractivity contribution is 0.339. The Balaban J connectivity index is 2.57. The zero-order valence-electron chi connectivity index (χ0n) is 10.8. The van der Waals surface area contributed by atoms with Crippen LogP contribution in [-0.4, -0.2) is 33.1 Å². The van der Waals surface area contributed by atoms with Gasteiger partial charge in [-0.15, -0.1) is 0 Å². The number of ether oxygens (including phenoxy) is 2. The van der Waals surface area contributed by atoms with Gasteiger partial charge in [0.05, 0.1) is 23.8 Å². The summed E-state index contributed by atoms with van der Waals surface area (Å²) >= 11 is 0. The van der Waals surface area contributed by atoms with Gasteiger partial charge in [0, 0.05) is 6.07 Å². The van der Waals surface area contributed by atoms with E-state index in [1.165, 1.54) is 7.11 Å². The van der Waals surface area contributed by atoms with Gasteiger partial charge in [0.2, 0.25) is 0 Å². The summed E-state index contributed by atoms with van der Waals surface area (Å²) in [5.41, 5.74) is 6.17. The Hall–Kier alpha value is -1.43. The van der Waals surface area contributed by atoms with Gasteiger partial charge in [-0.2, -0.15) is 0 Å². The minimum absolute atomic E-state index is 0.00337. The summed E-state index contributed by atoms with van der Waals surface area (Å²) in [4.78, 5) is 0. The fourth-order valence-corrected chi connectivity index (χ4v) is 2.10. The van der Waals surface area contributed by atoms with E-state index in [9.17, 15) is 8.42 Å². The van der Waals surface area contributed by atoms with Crippen molar-refractivity contribution >= 4 is 15.5 Å². The summed E-state index contributed by atoms with van der Waals surface area (Å²) in [5, 5.41) is -0.387. The number of anilines is 1. The van der Waals surface area contributed by atoms with E-state index in [0.29, 0.717) is 17.2 Å². The maximum atomic E-state index is 11.6. The maximum Gasteiger partial charge on any atom is 0.155 e. The van der Waals surface area contributed by atoms with E-state index in [0.717, 1.165) is 0 Å². The summed E-state index contributed by atoms with van der Waals surface area (Å²) in [6.45, 7) is 3.42. The van der Waals surface area contributed by atoms with Crippen LogP contribution in [0, 0.1) is 0 Å². The summed E-state index contributed by atoms with van der Waals surface area (Å²) in [6.07, 6.45) is 0. The Labute approximate surface area is 108 Å². The monoisotopic (exact) mass is 273 g/mol. The first kappa shape index (κ1) is 14.6. The second-order valence-electron chi connectivity index (χ2n) is 4.17. The number of nitrogen functional groups attached to an aromatic ring is 1. The van der Waals surface area contributed by atoms with Gasteiger partial charge in [-0.3, -0.25) is 0 Å². The third kappa shape index (κ3) is 3.80. The normalized spacial score (nSPS) is 11.6. The number of hydrogen-bond donors (Lipinski definition) is 1. The van der Waals surface area contributed by atoms with Gasteiger partial charge >= 0.3 is 0 Å². The van der Waals surface area contributed by atoms with Gasteiger partial charge in [-0.1, -0.05) is 0 Å². The fourth-order valence-electron chi connectivity index (χ4n) is 1.31. The van der Waals surface area contributed by atoms with Crippen LogP contribution in [0.1, 0.15) is 13.8 Å². The predicted molar refractivity (Wildman–Crippen MR) is 71.8 cm³/mol. The molecule has 1 rings (SSSR count). The zero-order chi connectivity index (χ0) is 13.8. The van der Waals surface area contributed by atoms with Crippen molar-refractivity contribution in [2.75, 3.05) is 25.2 Å². The molecule has 0 aliphatic rings. The second-order valence-corrected chi connectivity index (χ2v) is 6.84. The largest absolute Gasteiger partial charge is 0.495 e. The molecular weight excluding hydrogens is 254 g/mol. The molecule has 0 atom stereocenters. The van der Waals surface area contributed by atoms with E-state index >= 15 is 0 Å². The van der Waals surface area contributed by atoms with Crippen LogP contribution in [-0.2, 0) is 9.84 Å². The first-order chi connectivity index (χ1) is 8.36. The molecule has 0 radical (unpaired) electrons. The number of rotatable bonds is 6. The van der Waals surface area contributed by atoms with Crippen LogP contribution in [0.5, 0.6) is 11.5 Å². The number of hydrogen-bond acceptors (Lipinski definition) is 5. The molecule has 102 valence electrons. The highest BCUT2D eigenvalue weighted by molar-refractivity contribution is 7.91.